The van der Waals surface area contributed by atoms with Crippen LogP contribution in [0.2, 0.25) is 0 Å². The maximum atomic E-state index is 12.6. The Balaban J connectivity index is 1.58. The molecule has 0 bridgehead atoms. The zero-order valence-corrected chi connectivity index (χ0v) is 16.1. The van der Waals surface area contributed by atoms with Crippen LogP contribution in [0.4, 0.5) is 5.82 Å². The maximum Gasteiger partial charge on any atom is 0.229 e. The molecule has 26 heavy (non-hydrogen) atoms. The Hall–Kier alpha value is -2.21. The molecule has 1 aliphatic rings. The van der Waals surface area contributed by atoms with Crippen molar-refractivity contribution < 1.29 is 9.21 Å². The molecular weight excluding hydrogens is 328 g/mol. The fourth-order valence-electron chi connectivity index (χ4n) is 3.18. The number of carbonyl (C=O) groups is 1. The van der Waals surface area contributed by atoms with Crippen molar-refractivity contribution in [3.8, 4) is 0 Å². The topological polar surface area (TPSA) is 71.3 Å². The Labute approximate surface area is 155 Å². The maximum absolute atomic E-state index is 12.6. The van der Waals surface area contributed by atoms with E-state index >= 15 is 0 Å². The number of rotatable bonds is 4. The van der Waals surface area contributed by atoms with E-state index in [4.69, 9.17) is 4.42 Å². The fourth-order valence-corrected chi connectivity index (χ4v) is 3.18. The molecule has 3 rings (SSSR count). The van der Waals surface area contributed by atoms with Crippen molar-refractivity contribution in [1.82, 2.24) is 14.9 Å². The third-order valence-electron chi connectivity index (χ3n) is 4.67. The summed E-state index contributed by atoms with van der Waals surface area (Å²) in [5.74, 6) is 2.23. The highest BCUT2D eigenvalue weighted by molar-refractivity contribution is 5.91. The highest BCUT2D eigenvalue weighted by atomic mass is 16.4. The molecule has 140 valence electrons. The van der Waals surface area contributed by atoms with Gasteiger partial charge in [-0.1, -0.05) is 26.8 Å². The van der Waals surface area contributed by atoms with Gasteiger partial charge in [-0.2, -0.15) is 0 Å². The van der Waals surface area contributed by atoms with E-state index in [0.717, 1.165) is 36.7 Å². The van der Waals surface area contributed by atoms with Crippen LogP contribution in [0.15, 0.2) is 28.8 Å². The number of oxazole rings is 1. The van der Waals surface area contributed by atoms with Crippen LogP contribution in [0, 0.1) is 12.8 Å². The lowest BCUT2D eigenvalue weighted by Gasteiger charge is -2.31. The van der Waals surface area contributed by atoms with Gasteiger partial charge in [0.15, 0.2) is 0 Å². The SMILES string of the molecule is Cc1cccc(NC(=O)[C@H]2CCCN(Cc3ncc(C(C)(C)C)o3)C2)n1. The minimum atomic E-state index is -0.0453. The van der Waals surface area contributed by atoms with E-state index in [9.17, 15) is 4.79 Å². The number of amides is 1. The molecule has 0 aliphatic carbocycles. The number of piperidine rings is 1. The number of nitrogens with zero attached hydrogens (tertiary/aromatic N) is 3. The quantitative estimate of drug-likeness (QED) is 0.907. The molecule has 0 spiro atoms. The van der Waals surface area contributed by atoms with E-state index in [1.54, 1.807) is 0 Å². The van der Waals surface area contributed by atoms with Gasteiger partial charge < -0.3 is 9.73 Å². The average molecular weight is 356 g/mol. The zero-order chi connectivity index (χ0) is 18.7. The number of carbonyl (C=O) groups excluding carboxylic acids is 1. The molecule has 0 unspecified atom stereocenters. The van der Waals surface area contributed by atoms with Crippen molar-refractivity contribution in [3.63, 3.8) is 0 Å². The van der Waals surface area contributed by atoms with E-state index in [2.05, 4.69) is 41.0 Å². The molecule has 2 aromatic rings. The molecular formula is C20H28N4O2. The Bertz CT molecular complexity index is 763. The number of hydrogen-bond acceptors (Lipinski definition) is 5. The Morgan fingerprint density at radius 2 is 2.19 bits per heavy atom. The van der Waals surface area contributed by atoms with E-state index in [0.29, 0.717) is 18.9 Å². The van der Waals surface area contributed by atoms with Gasteiger partial charge in [0.05, 0.1) is 18.7 Å². The minimum Gasteiger partial charge on any atom is -0.444 e. The Morgan fingerprint density at radius 1 is 1.38 bits per heavy atom. The van der Waals surface area contributed by atoms with E-state index in [1.165, 1.54) is 0 Å². The molecule has 1 saturated heterocycles. The van der Waals surface area contributed by atoms with Crippen LogP contribution < -0.4 is 5.32 Å². The summed E-state index contributed by atoms with van der Waals surface area (Å²) in [6.45, 7) is 10.6. The lowest BCUT2D eigenvalue weighted by atomic mass is 9.94. The summed E-state index contributed by atoms with van der Waals surface area (Å²) < 4.78 is 5.89. The lowest BCUT2D eigenvalue weighted by Crippen LogP contribution is -2.40. The first-order chi connectivity index (χ1) is 12.3. The first kappa shape index (κ1) is 18.6. The lowest BCUT2D eigenvalue weighted by molar-refractivity contribution is -0.121. The van der Waals surface area contributed by atoms with Crippen molar-refractivity contribution in [2.45, 2.75) is 52.5 Å². The molecule has 3 heterocycles. The third kappa shape index (κ3) is 4.69. The molecule has 1 amide bonds. The third-order valence-corrected chi connectivity index (χ3v) is 4.67. The molecule has 1 atom stereocenters. The summed E-state index contributed by atoms with van der Waals surface area (Å²) in [4.78, 5) is 23.6. The Kier molecular flexibility index (Phi) is 5.41. The van der Waals surface area contributed by atoms with E-state index in [-0.39, 0.29) is 17.2 Å². The first-order valence-corrected chi connectivity index (χ1v) is 9.23. The number of hydrogen-bond donors (Lipinski definition) is 1. The van der Waals surface area contributed by atoms with Gasteiger partial charge in [0.1, 0.15) is 11.6 Å². The molecule has 0 saturated carbocycles. The largest absolute Gasteiger partial charge is 0.444 e. The van der Waals surface area contributed by atoms with Gasteiger partial charge in [0, 0.05) is 17.7 Å². The molecule has 1 fully saturated rings. The van der Waals surface area contributed by atoms with Crippen LogP contribution in [0.25, 0.3) is 0 Å². The number of likely N-dealkylation sites (tertiary alicyclic amines) is 1. The predicted molar refractivity (Wildman–Crippen MR) is 101 cm³/mol. The van der Waals surface area contributed by atoms with Crippen molar-refractivity contribution in [1.29, 1.82) is 0 Å². The predicted octanol–water partition coefficient (Wildman–Crippen LogP) is 3.53. The Morgan fingerprint density at radius 3 is 2.88 bits per heavy atom. The first-order valence-electron chi connectivity index (χ1n) is 9.23. The van der Waals surface area contributed by atoms with Crippen molar-refractivity contribution in [3.05, 3.63) is 41.7 Å². The molecule has 6 nitrogen and oxygen atoms in total. The standard InChI is InChI=1S/C20H28N4O2/c1-14-7-5-9-17(22-14)23-19(25)15-8-6-10-24(12-15)13-18-21-11-16(26-18)20(2,3)4/h5,7,9,11,15H,6,8,10,12-13H2,1-4H3,(H,22,23,25)/t15-/m0/s1. The highest BCUT2D eigenvalue weighted by Gasteiger charge is 2.27. The summed E-state index contributed by atoms with van der Waals surface area (Å²) in [7, 11) is 0. The van der Waals surface area contributed by atoms with Crippen molar-refractivity contribution in [2.75, 3.05) is 18.4 Å². The summed E-state index contributed by atoms with van der Waals surface area (Å²) in [6.07, 6.45) is 3.70. The normalized spacial score (nSPS) is 18.7. The average Bonchev–Trinajstić information content (AvgIpc) is 3.04. The molecule has 1 N–H and O–H groups in total. The van der Waals surface area contributed by atoms with Crippen LogP contribution in [-0.2, 0) is 16.8 Å². The number of anilines is 1. The highest BCUT2D eigenvalue weighted by Crippen LogP contribution is 2.24. The fraction of sp³-hybridized carbons (Fsp3) is 0.550. The van der Waals surface area contributed by atoms with Gasteiger partial charge in [-0.05, 0) is 38.4 Å². The van der Waals surface area contributed by atoms with E-state index in [1.807, 2.05) is 31.3 Å². The smallest absolute Gasteiger partial charge is 0.229 e. The van der Waals surface area contributed by atoms with Gasteiger partial charge >= 0.3 is 0 Å². The van der Waals surface area contributed by atoms with Crippen LogP contribution >= 0.6 is 0 Å². The summed E-state index contributed by atoms with van der Waals surface area (Å²) >= 11 is 0. The molecule has 1 aliphatic heterocycles. The van der Waals surface area contributed by atoms with Crippen LogP contribution in [0.1, 0.15) is 51.0 Å². The number of aryl methyl sites for hydroxylation is 1. The minimum absolute atomic E-state index is 0.0376. The zero-order valence-electron chi connectivity index (χ0n) is 16.1. The molecule has 0 aromatic carbocycles. The van der Waals surface area contributed by atoms with Crippen LogP contribution in [0.3, 0.4) is 0 Å². The second kappa shape index (κ2) is 7.58. The van der Waals surface area contributed by atoms with Crippen molar-refractivity contribution >= 4 is 11.7 Å². The number of aromatic nitrogens is 2. The van der Waals surface area contributed by atoms with Gasteiger partial charge in [-0.25, -0.2) is 9.97 Å². The second-order valence-electron chi connectivity index (χ2n) is 8.10. The molecule has 2 aromatic heterocycles. The van der Waals surface area contributed by atoms with Crippen LogP contribution in [0.5, 0.6) is 0 Å². The molecule has 0 radical (unpaired) electrons. The van der Waals surface area contributed by atoms with Crippen molar-refractivity contribution in [2.24, 2.45) is 5.92 Å². The summed E-state index contributed by atoms with van der Waals surface area (Å²) in [6, 6.07) is 5.65. The van der Waals surface area contributed by atoms with Gasteiger partial charge in [-0.15, -0.1) is 0 Å². The number of nitrogens with one attached hydrogen (secondary N) is 1. The second-order valence-corrected chi connectivity index (χ2v) is 8.10. The summed E-state index contributed by atoms with van der Waals surface area (Å²) in [5.41, 5.74) is 0.850. The number of pyridine rings is 1. The van der Waals surface area contributed by atoms with Gasteiger partial charge in [0.2, 0.25) is 11.8 Å². The van der Waals surface area contributed by atoms with Gasteiger partial charge in [-0.3, -0.25) is 9.69 Å². The van der Waals surface area contributed by atoms with Gasteiger partial charge in [0.25, 0.3) is 0 Å². The monoisotopic (exact) mass is 356 g/mol. The van der Waals surface area contributed by atoms with Crippen LogP contribution in [-0.4, -0.2) is 33.9 Å². The van der Waals surface area contributed by atoms with E-state index < -0.39 is 0 Å². The molecule has 6 heteroatoms. The summed E-state index contributed by atoms with van der Waals surface area (Å²) in [5, 5.41) is 2.95.